The molecule has 0 radical (unpaired) electrons. The van der Waals surface area contributed by atoms with E-state index in [1.807, 2.05) is 13.8 Å². The smallest absolute Gasteiger partial charge is 0.108 e. The highest BCUT2D eigenvalue weighted by Crippen LogP contribution is 2.50. The fraction of sp³-hybridized carbons (Fsp3) is 0.900. The lowest BCUT2D eigenvalue weighted by Crippen LogP contribution is -2.49. The van der Waals surface area contributed by atoms with Gasteiger partial charge in [0.1, 0.15) is 5.60 Å². The third-order valence-corrected chi connectivity index (χ3v) is 3.56. The summed E-state index contributed by atoms with van der Waals surface area (Å²) in [5.74, 6) is -0.157. The maximum atomic E-state index is 9.79. The zero-order chi connectivity index (χ0) is 9.69. The Morgan fingerprint density at radius 3 is 2.85 bits per heavy atom. The minimum Gasteiger partial charge on any atom is -0.390 e. The summed E-state index contributed by atoms with van der Waals surface area (Å²) >= 11 is 0. The van der Waals surface area contributed by atoms with Crippen molar-refractivity contribution < 1.29 is 9.84 Å². The van der Waals surface area contributed by atoms with Gasteiger partial charge in [0, 0.05) is 0 Å². The van der Waals surface area contributed by atoms with Crippen molar-refractivity contribution in [2.75, 3.05) is 0 Å². The molecule has 72 valence electrons. The topological polar surface area (TPSA) is 53.2 Å². The van der Waals surface area contributed by atoms with Crippen molar-refractivity contribution in [3.63, 3.8) is 0 Å². The van der Waals surface area contributed by atoms with Crippen LogP contribution < -0.4 is 0 Å². The second-order valence-corrected chi connectivity index (χ2v) is 4.68. The first-order valence-electron chi connectivity index (χ1n) is 4.78. The van der Waals surface area contributed by atoms with E-state index in [0.29, 0.717) is 0 Å². The third kappa shape index (κ3) is 1.09. The van der Waals surface area contributed by atoms with Crippen molar-refractivity contribution in [1.29, 1.82) is 5.26 Å². The molecular formula is C10H15NO2. The SMILES string of the molecule is C[C@]12CC[C@H](O)[C@](C)(O1)C(C#N)C2. The quantitative estimate of drug-likeness (QED) is 0.611. The van der Waals surface area contributed by atoms with E-state index in [4.69, 9.17) is 10.00 Å². The maximum absolute atomic E-state index is 9.79. The fourth-order valence-corrected chi connectivity index (χ4v) is 2.63. The standard InChI is InChI=1S/C10H15NO2/c1-9-4-3-8(12)10(2,13-9)7(5-9)6-11/h7-8,12H,3-5H2,1-2H3/t7?,8-,9+,10+/m0/s1. The van der Waals surface area contributed by atoms with Gasteiger partial charge in [-0.2, -0.15) is 5.26 Å². The largest absolute Gasteiger partial charge is 0.390 e. The average molecular weight is 181 g/mol. The summed E-state index contributed by atoms with van der Waals surface area (Å²) in [5, 5.41) is 18.8. The van der Waals surface area contributed by atoms with Crippen molar-refractivity contribution in [1.82, 2.24) is 0 Å². The van der Waals surface area contributed by atoms with E-state index in [1.165, 1.54) is 0 Å². The van der Waals surface area contributed by atoms with Crippen molar-refractivity contribution in [3.8, 4) is 6.07 Å². The number of hydrogen-bond donors (Lipinski definition) is 1. The molecule has 0 aromatic rings. The molecule has 3 nitrogen and oxygen atoms in total. The van der Waals surface area contributed by atoms with Crippen LogP contribution >= 0.6 is 0 Å². The summed E-state index contributed by atoms with van der Waals surface area (Å²) < 4.78 is 5.82. The lowest BCUT2D eigenvalue weighted by atomic mass is 9.85. The van der Waals surface area contributed by atoms with Gasteiger partial charge in [0.05, 0.1) is 23.7 Å². The Labute approximate surface area is 78.3 Å². The van der Waals surface area contributed by atoms with Crippen LogP contribution in [-0.2, 0) is 4.74 Å². The van der Waals surface area contributed by atoms with Crippen molar-refractivity contribution >= 4 is 0 Å². The minimum absolute atomic E-state index is 0.157. The second kappa shape index (κ2) is 2.46. The maximum Gasteiger partial charge on any atom is 0.108 e. The van der Waals surface area contributed by atoms with E-state index >= 15 is 0 Å². The predicted molar refractivity (Wildman–Crippen MR) is 46.9 cm³/mol. The lowest BCUT2D eigenvalue weighted by molar-refractivity contribution is -0.183. The predicted octanol–water partition coefficient (Wildman–Crippen LogP) is 1.22. The summed E-state index contributed by atoms with van der Waals surface area (Å²) in [4.78, 5) is 0. The van der Waals surface area contributed by atoms with Gasteiger partial charge in [-0.05, 0) is 33.1 Å². The Hall–Kier alpha value is -0.590. The van der Waals surface area contributed by atoms with Crippen LogP contribution in [-0.4, -0.2) is 22.4 Å². The Morgan fingerprint density at radius 1 is 1.54 bits per heavy atom. The number of nitriles is 1. The Balaban J connectivity index is 2.35. The van der Waals surface area contributed by atoms with Crippen LogP contribution in [0.1, 0.15) is 33.1 Å². The van der Waals surface area contributed by atoms with Crippen LogP contribution in [0, 0.1) is 17.2 Å². The average Bonchev–Trinajstić information content (AvgIpc) is 2.30. The van der Waals surface area contributed by atoms with Gasteiger partial charge in [-0.25, -0.2) is 0 Å². The number of hydrogen-bond acceptors (Lipinski definition) is 3. The first-order valence-corrected chi connectivity index (χ1v) is 4.78. The van der Waals surface area contributed by atoms with Crippen LogP contribution in [0.15, 0.2) is 0 Å². The molecule has 3 heteroatoms. The number of ether oxygens (including phenoxy) is 1. The number of rotatable bonds is 0. The molecule has 0 saturated carbocycles. The van der Waals surface area contributed by atoms with Gasteiger partial charge in [0.15, 0.2) is 0 Å². The summed E-state index contributed by atoms with van der Waals surface area (Å²) in [7, 11) is 0. The third-order valence-electron chi connectivity index (χ3n) is 3.56. The number of aliphatic hydroxyl groups excluding tert-OH is 1. The van der Waals surface area contributed by atoms with E-state index in [2.05, 4.69) is 6.07 Å². The van der Waals surface area contributed by atoms with Gasteiger partial charge in [0.2, 0.25) is 0 Å². The molecule has 0 amide bonds. The Kier molecular flexibility index (Phi) is 1.70. The Morgan fingerprint density at radius 2 is 2.23 bits per heavy atom. The molecule has 0 spiro atoms. The summed E-state index contributed by atoms with van der Waals surface area (Å²) in [6.45, 7) is 3.89. The summed E-state index contributed by atoms with van der Waals surface area (Å²) in [6, 6.07) is 2.25. The van der Waals surface area contributed by atoms with Crippen molar-refractivity contribution in [2.45, 2.75) is 50.4 Å². The minimum atomic E-state index is -0.623. The zero-order valence-corrected chi connectivity index (χ0v) is 8.08. The van der Waals surface area contributed by atoms with Gasteiger partial charge in [-0.1, -0.05) is 0 Å². The molecular weight excluding hydrogens is 166 g/mol. The van der Waals surface area contributed by atoms with E-state index in [-0.39, 0.29) is 11.5 Å². The molecule has 4 atom stereocenters. The number of nitrogens with zero attached hydrogens (tertiary/aromatic N) is 1. The van der Waals surface area contributed by atoms with Crippen LogP contribution in [0.3, 0.4) is 0 Å². The van der Waals surface area contributed by atoms with E-state index in [0.717, 1.165) is 19.3 Å². The monoisotopic (exact) mass is 181 g/mol. The highest BCUT2D eigenvalue weighted by molar-refractivity contribution is 5.13. The van der Waals surface area contributed by atoms with E-state index < -0.39 is 11.7 Å². The molecule has 2 saturated heterocycles. The molecule has 0 aliphatic carbocycles. The fourth-order valence-electron chi connectivity index (χ4n) is 2.63. The first-order chi connectivity index (χ1) is 6.00. The number of fused-ring (bicyclic) bond motifs is 2. The van der Waals surface area contributed by atoms with Gasteiger partial charge < -0.3 is 9.84 Å². The Bertz CT molecular complexity index is 273. The second-order valence-electron chi connectivity index (χ2n) is 4.68. The van der Waals surface area contributed by atoms with Gasteiger partial charge in [-0.15, -0.1) is 0 Å². The van der Waals surface area contributed by atoms with Crippen LogP contribution in [0.4, 0.5) is 0 Å². The molecule has 1 unspecified atom stereocenters. The van der Waals surface area contributed by atoms with Crippen LogP contribution in [0.5, 0.6) is 0 Å². The molecule has 2 rings (SSSR count). The summed E-state index contributed by atoms with van der Waals surface area (Å²) in [5.41, 5.74) is -0.796. The molecule has 13 heavy (non-hydrogen) atoms. The zero-order valence-electron chi connectivity index (χ0n) is 8.08. The highest BCUT2D eigenvalue weighted by atomic mass is 16.5. The van der Waals surface area contributed by atoms with Crippen LogP contribution in [0.25, 0.3) is 0 Å². The number of aliphatic hydroxyl groups is 1. The normalized spacial score (nSPS) is 54.6. The molecule has 2 aliphatic heterocycles. The molecule has 2 aliphatic rings. The molecule has 2 bridgehead atoms. The van der Waals surface area contributed by atoms with Crippen molar-refractivity contribution in [3.05, 3.63) is 0 Å². The summed E-state index contributed by atoms with van der Waals surface area (Å²) in [6.07, 6.45) is 1.90. The first kappa shape index (κ1) is 8.98. The van der Waals surface area contributed by atoms with Crippen LogP contribution in [0.2, 0.25) is 0 Å². The van der Waals surface area contributed by atoms with Gasteiger partial charge in [-0.3, -0.25) is 0 Å². The van der Waals surface area contributed by atoms with Gasteiger partial charge >= 0.3 is 0 Å². The highest BCUT2D eigenvalue weighted by Gasteiger charge is 2.58. The molecule has 0 aromatic heterocycles. The molecule has 2 fully saturated rings. The van der Waals surface area contributed by atoms with Gasteiger partial charge in [0.25, 0.3) is 0 Å². The van der Waals surface area contributed by atoms with E-state index in [9.17, 15) is 5.11 Å². The molecule has 1 N–H and O–H groups in total. The molecule has 2 heterocycles. The lowest BCUT2D eigenvalue weighted by Gasteiger charge is -2.40. The van der Waals surface area contributed by atoms with Crippen molar-refractivity contribution in [2.24, 2.45) is 5.92 Å². The van der Waals surface area contributed by atoms with E-state index in [1.54, 1.807) is 0 Å². The molecule has 0 aromatic carbocycles.